The van der Waals surface area contributed by atoms with Gasteiger partial charge < -0.3 is 20.1 Å². The Morgan fingerprint density at radius 3 is 2.95 bits per heavy atom. The molecule has 2 aliphatic rings. The van der Waals surface area contributed by atoms with E-state index in [1.54, 1.807) is 0 Å². The SMILES string of the molecule is CN(C(N)=NCc1cccc2c1OCO2)C1CC1.I. The highest BCUT2D eigenvalue weighted by atomic mass is 127. The van der Waals surface area contributed by atoms with Crippen LogP contribution < -0.4 is 15.2 Å². The minimum Gasteiger partial charge on any atom is -0.454 e. The van der Waals surface area contributed by atoms with Gasteiger partial charge in [-0.3, -0.25) is 0 Å². The fraction of sp³-hybridized carbons (Fsp3) is 0.462. The molecule has 0 radical (unpaired) electrons. The van der Waals surface area contributed by atoms with E-state index in [1.165, 1.54) is 12.8 Å². The predicted octanol–water partition coefficient (Wildman–Crippen LogP) is 1.94. The summed E-state index contributed by atoms with van der Waals surface area (Å²) < 4.78 is 10.8. The predicted molar refractivity (Wildman–Crippen MR) is 84.1 cm³/mol. The molecule has 1 saturated carbocycles. The third-order valence-corrected chi connectivity index (χ3v) is 3.35. The molecule has 1 aromatic rings. The van der Waals surface area contributed by atoms with Crippen LogP contribution in [0.5, 0.6) is 11.5 Å². The molecule has 2 N–H and O–H groups in total. The molecule has 19 heavy (non-hydrogen) atoms. The Morgan fingerprint density at radius 1 is 1.42 bits per heavy atom. The summed E-state index contributed by atoms with van der Waals surface area (Å²) in [6, 6.07) is 6.41. The zero-order valence-corrected chi connectivity index (χ0v) is 13.2. The number of nitrogens with two attached hydrogens (primary N) is 1. The van der Waals surface area contributed by atoms with Crippen LogP contribution in [0.2, 0.25) is 0 Å². The summed E-state index contributed by atoms with van der Waals surface area (Å²) in [4.78, 5) is 6.46. The second kappa shape index (κ2) is 5.85. The number of halogens is 1. The number of aliphatic imine (C=N–C) groups is 1. The Balaban J connectivity index is 0.00000133. The van der Waals surface area contributed by atoms with Crippen molar-refractivity contribution < 1.29 is 9.47 Å². The number of hydrogen-bond donors (Lipinski definition) is 1. The van der Waals surface area contributed by atoms with Crippen LogP contribution in [-0.4, -0.2) is 30.7 Å². The first-order chi connectivity index (χ1) is 8.75. The van der Waals surface area contributed by atoms with Gasteiger partial charge in [0, 0.05) is 18.7 Å². The van der Waals surface area contributed by atoms with Crippen LogP contribution in [0.3, 0.4) is 0 Å². The van der Waals surface area contributed by atoms with Crippen LogP contribution >= 0.6 is 24.0 Å². The maximum Gasteiger partial charge on any atom is 0.231 e. The lowest BCUT2D eigenvalue weighted by Gasteiger charge is -2.16. The monoisotopic (exact) mass is 375 g/mol. The van der Waals surface area contributed by atoms with Crippen molar-refractivity contribution in [2.45, 2.75) is 25.4 Å². The number of fused-ring (bicyclic) bond motifs is 1. The number of ether oxygens (including phenoxy) is 2. The van der Waals surface area contributed by atoms with Crippen LogP contribution in [0.4, 0.5) is 0 Å². The fourth-order valence-corrected chi connectivity index (χ4v) is 2.04. The Labute approximate surface area is 129 Å². The van der Waals surface area contributed by atoms with Gasteiger partial charge in [-0.1, -0.05) is 12.1 Å². The lowest BCUT2D eigenvalue weighted by atomic mass is 10.2. The van der Waals surface area contributed by atoms with E-state index in [2.05, 4.69) is 4.99 Å². The van der Waals surface area contributed by atoms with Crippen molar-refractivity contribution in [3.8, 4) is 11.5 Å². The molecule has 1 aliphatic heterocycles. The average Bonchev–Trinajstić information content (AvgIpc) is 3.12. The molecule has 1 heterocycles. The second-order valence-electron chi connectivity index (χ2n) is 4.67. The molecular weight excluding hydrogens is 357 g/mol. The number of nitrogens with zero attached hydrogens (tertiary/aromatic N) is 2. The van der Waals surface area contributed by atoms with E-state index >= 15 is 0 Å². The zero-order chi connectivity index (χ0) is 12.5. The molecule has 104 valence electrons. The normalized spacial score (nSPS) is 17.0. The zero-order valence-electron chi connectivity index (χ0n) is 10.8. The van der Waals surface area contributed by atoms with Gasteiger partial charge in [0.25, 0.3) is 0 Å². The van der Waals surface area contributed by atoms with E-state index in [0.29, 0.717) is 18.5 Å². The van der Waals surface area contributed by atoms with Crippen LogP contribution in [0, 0.1) is 0 Å². The van der Waals surface area contributed by atoms with E-state index in [9.17, 15) is 0 Å². The molecule has 0 bridgehead atoms. The number of para-hydroxylation sites is 1. The Morgan fingerprint density at radius 2 is 2.21 bits per heavy atom. The van der Waals surface area contributed by atoms with Crippen LogP contribution in [-0.2, 0) is 6.54 Å². The lowest BCUT2D eigenvalue weighted by molar-refractivity contribution is 0.173. The van der Waals surface area contributed by atoms with E-state index < -0.39 is 0 Å². The minimum atomic E-state index is 0. The van der Waals surface area contributed by atoms with Gasteiger partial charge in [0.05, 0.1) is 6.54 Å². The van der Waals surface area contributed by atoms with Gasteiger partial charge in [0.1, 0.15) is 0 Å². The molecule has 0 saturated heterocycles. The third-order valence-electron chi connectivity index (χ3n) is 3.35. The first kappa shape index (κ1) is 14.2. The minimum absolute atomic E-state index is 0. The van der Waals surface area contributed by atoms with Crippen molar-refractivity contribution in [2.24, 2.45) is 10.7 Å². The smallest absolute Gasteiger partial charge is 0.231 e. The van der Waals surface area contributed by atoms with Gasteiger partial charge in [-0.15, -0.1) is 24.0 Å². The quantitative estimate of drug-likeness (QED) is 0.499. The standard InChI is InChI=1S/C13H17N3O2.HI/c1-16(10-5-6-10)13(14)15-7-9-3-2-4-11-12(9)18-8-17-11;/h2-4,10H,5-8H2,1H3,(H2,14,15);1H. The molecule has 1 aromatic carbocycles. The first-order valence-electron chi connectivity index (χ1n) is 6.16. The molecule has 1 aliphatic carbocycles. The second-order valence-corrected chi connectivity index (χ2v) is 4.67. The summed E-state index contributed by atoms with van der Waals surface area (Å²) in [5, 5.41) is 0. The Bertz CT molecular complexity index is 489. The van der Waals surface area contributed by atoms with Gasteiger partial charge in [-0.25, -0.2) is 4.99 Å². The summed E-state index contributed by atoms with van der Waals surface area (Å²) >= 11 is 0. The van der Waals surface area contributed by atoms with E-state index in [4.69, 9.17) is 15.2 Å². The molecule has 0 aromatic heterocycles. The van der Waals surface area contributed by atoms with Gasteiger partial charge >= 0.3 is 0 Å². The van der Waals surface area contributed by atoms with Gasteiger partial charge in [0.15, 0.2) is 17.5 Å². The van der Waals surface area contributed by atoms with Gasteiger partial charge in [-0.05, 0) is 18.9 Å². The molecule has 0 atom stereocenters. The molecule has 5 nitrogen and oxygen atoms in total. The van der Waals surface area contributed by atoms with Crippen molar-refractivity contribution in [1.82, 2.24) is 4.90 Å². The summed E-state index contributed by atoms with van der Waals surface area (Å²) in [6.07, 6.45) is 2.43. The van der Waals surface area contributed by atoms with Crippen LogP contribution in [0.15, 0.2) is 23.2 Å². The lowest BCUT2D eigenvalue weighted by Crippen LogP contribution is -2.35. The van der Waals surface area contributed by atoms with Gasteiger partial charge in [-0.2, -0.15) is 0 Å². The average molecular weight is 375 g/mol. The third kappa shape index (κ3) is 3.05. The maximum absolute atomic E-state index is 5.96. The first-order valence-corrected chi connectivity index (χ1v) is 6.16. The fourth-order valence-electron chi connectivity index (χ4n) is 2.04. The Kier molecular flexibility index (Phi) is 4.38. The summed E-state index contributed by atoms with van der Waals surface area (Å²) in [5.74, 6) is 2.17. The molecule has 0 spiro atoms. The van der Waals surface area contributed by atoms with Crippen molar-refractivity contribution >= 4 is 29.9 Å². The summed E-state index contributed by atoms with van der Waals surface area (Å²) in [7, 11) is 1.99. The van der Waals surface area contributed by atoms with E-state index in [0.717, 1.165) is 17.1 Å². The molecule has 0 unspecified atom stereocenters. The van der Waals surface area contributed by atoms with Crippen LogP contribution in [0.25, 0.3) is 0 Å². The number of rotatable bonds is 3. The molecule has 3 rings (SSSR count). The van der Waals surface area contributed by atoms with Crippen molar-refractivity contribution in [3.05, 3.63) is 23.8 Å². The molecule has 6 heteroatoms. The Hall–Kier alpha value is -1.18. The number of guanidine groups is 1. The summed E-state index contributed by atoms with van der Waals surface area (Å²) in [6.45, 7) is 0.808. The maximum atomic E-state index is 5.96. The molecule has 0 amide bonds. The highest BCUT2D eigenvalue weighted by Gasteiger charge is 2.27. The van der Waals surface area contributed by atoms with Crippen molar-refractivity contribution in [3.63, 3.8) is 0 Å². The van der Waals surface area contributed by atoms with E-state index in [-0.39, 0.29) is 30.8 Å². The van der Waals surface area contributed by atoms with Gasteiger partial charge in [0.2, 0.25) is 6.79 Å². The topological polar surface area (TPSA) is 60.1 Å². The summed E-state index contributed by atoms with van der Waals surface area (Å²) in [5.41, 5.74) is 6.97. The van der Waals surface area contributed by atoms with Crippen molar-refractivity contribution in [2.75, 3.05) is 13.8 Å². The molecular formula is C13H18IN3O2. The number of benzene rings is 1. The number of hydrogen-bond acceptors (Lipinski definition) is 3. The largest absolute Gasteiger partial charge is 0.454 e. The highest BCUT2D eigenvalue weighted by molar-refractivity contribution is 14.0. The van der Waals surface area contributed by atoms with E-state index in [1.807, 2.05) is 30.1 Å². The van der Waals surface area contributed by atoms with Crippen LogP contribution in [0.1, 0.15) is 18.4 Å². The van der Waals surface area contributed by atoms with Crippen molar-refractivity contribution in [1.29, 1.82) is 0 Å². The highest BCUT2D eigenvalue weighted by Crippen LogP contribution is 2.35. The molecule has 1 fully saturated rings.